The Kier molecular flexibility index (Phi) is 3.29. The summed E-state index contributed by atoms with van der Waals surface area (Å²) in [5.41, 5.74) is 2.18. The van der Waals surface area contributed by atoms with Crippen molar-refractivity contribution in [3.05, 3.63) is 48.7 Å². The Balaban J connectivity index is 1.59. The molecule has 1 aromatic carbocycles. The molecule has 98 valence electrons. The van der Waals surface area contributed by atoms with Gasteiger partial charge in [-0.2, -0.15) is 5.10 Å². The number of hydrogen-bond donors (Lipinski definition) is 1. The van der Waals surface area contributed by atoms with Crippen LogP contribution < -0.4 is 5.32 Å². The molecule has 0 saturated carbocycles. The number of hydrogen-bond acceptors (Lipinski definition) is 4. The molecule has 3 rings (SSSR count). The fraction of sp³-hybridized carbons (Fsp3) is 0.286. The fourth-order valence-electron chi connectivity index (χ4n) is 2.09. The lowest BCUT2D eigenvalue weighted by molar-refractivity contribution is 0.450. The smallest absolute Gasteiger partial charge is 0.137 e. The minimum Gasteiger partial charge on any atom is -0.464 e. The van der Waals surface area contributed by atoms with Gasteiger partial charge in [0.1, 0.15) is 18.2 Å². The van der Waals surface area contributed by atoms with Gasteiger partial charge in [0.2, 0.25) is 0 Å². The summed E-state index contributed by atoms with van der Waals surface area (Å²) >= 11 is 0. The number of aromatic nitrogens is 3. The van der Waals surface area contributed by atoms with E-state index in [9.17, 15) is 0 Å². The molecule has 0 spiro atoms. The number of nitrogens with one attached hydrogen (secondary N) is 1. The van der Waals surface area contributed by atoms with Crippen LogP contribution in [0.3, 0.4) is 0 Å². The monoisotopic (exact) mass is 256 g/mol. The fourth-order valence-corrected chi connectivity index (χ4v) is 2.09. The molecule has 0 bridgehead atoms. The molecule has 0 amide bonds. The van der Waals surface area contributed by atoms with Crippen molar-refractivity contribution in [2.75, 3.05) is 0 Å². The van der Waals surface area contributed by atoms with E-state index in [2.05, 4.69) is 34.5 Å². The predicted octanol–water partition coefficient (Wildman–Crippen LogP) is 2.20. The Bertz CT molecular complexity index is 644. The second-order valence-corrected chi connectivity index (χ2v) is 4.69. The Hall–Kier alpha value is -2.14. The molecule has 19 heavy (non-hydrogen) atoms. The lowest BCUT2D eigenvalue weighted by Crippen LogP contribution is -2.30. The highest BCUT2D eigenvalue weighted by atomic mass is 16.3. The lowest BCUT2D eigenvalue weighted by Gasteiger charge is -2.13. The van der Waals surface area contributed by atoms with Gasteiger partial charge in [-0.3, -0.25) is 4.68 Å². The average molecular weight is 256 g/mol. The summed E-state index contributed by atoms with van der Waals surface area (Å²) < 4.78 is 7.16. The maximum atomic E-state index is 5.33. The van der Waals surface area contributed by atoms with Crippen LogP contribution in [0.2, 0.25) is 0 Å². The van der Waals surface area contributed by atoms with Gasteiger partial charge < -0.3 is 9.73 Å². The highest BCUT2D eigenvalue weighted by Gasteiger charge is 2.04. The van der Waals surface area contributed by atoms with Gasteiger partial charge in [-0.15, -0.1) is 0 Å². The van der Waals surface area contributed by atoms with E-state index >= 15 is 0 Å². The van der Waals surface area contributed by atoms with E-state index in [-0.39, 0.29) is 0 Å². The molecule has 0 saturated heterocycles. The Morgan fingerprint density at radius 2 is 2.32 bits per heavy atom. The first-order valence-corrected chi connectivity index (χ1v) is 6.33. The van der Waals surface area contributed by atoms with Crippen molar-refractivity contribution in [2.45, 2.75) is 26.1 Å². The molecule has 5 nitrogen and oxygen atoms in total. The van der Waals surface area contributed by atoms with Crippen LogP contribution in [0.4, 0.5) is 0 Å². The van der Waals surface area contributed by atoms with Crippen LogP contribution in [-0.4, -0.2) is 20.8 Å². The van der Waals surface area contributed by atoms with Crippen molar-refractivity contribution in [3.63, 3.8) is 0 Å². The van der Waals surface area contributed by atoms with Gasteiger partial charge in [0, 0.05) is 18.0 Å². The molecule has 5 heteroatoms. The summed E-state index contributed by atoms with van der Waals surface area (Å²) in [4.78, 5) is 3.94. The third-order valence-electron chi connectivity index (χ3n) is 3.10. The third-order valence-corrected chi connectivity index (χ3v) is 3.10. The third kappa shape index (κ3) is 2.82. The minimum absolute atomic E-state index is 0.335. The molecular weight excluding hydrogens is 240 g/mol. The van der Waals surface area contributed by atoms with E-state index in [0.717, 1.165) is 24.1 Å². The molecule has 1 atom stereocenters. The van der Waals surface area contributed by atoms with Crippen LogP contribution in [-0.2, 0) is 13.1 Å². The number of nitrogens with zero attached hydrogens (tertiary/aromatic N) is 3. The molecule has 1 N–H and O–H groups in total. The zero-order valence-corrected chi connectivity index (χ0v) is 10.8. The second kappa shape index (κ2) is 5.24. The topological polar surface area (TPSA) is 55.9 Å². The Labute approximate surface area is 111 Å². The van der Waals surface area contributed by atoms with Crippen molar-refractivity contribution >= 4 is 11.0 Å². The molecule has 1 unspecified atom stereocenters. The largest absolute Gasteiger partial charge is 0.464 e. The van der Waals surface area contributed by atoms with Crippen LogP contribution in [0.25, 0.3) is 11.0 Å². The molecule has 0 aliphatic carbocycles. The molecule has 2 heterocycles. The van der Waals surface area contributed by atoms with Crippen molar-refractivity contribution in [1.29, 1.82) is 0 Å². The first-order valence-electron chi connectivity index (χ1n) is 6.33. The van der Waals surface area contributed by atoms with Gasteiger partial charge in [-0.05, 0) is 30.7 Å². The number of fused-ring (bicyclic) bond motifs is 1. The second-order valence-electron chi connectivity index (χ2n) is 4.69. The van der Waals surface area contributed by atoms with Crippen molar-refractivity contribution in [1.82, 2.24) is 20.1 Å². The van der Waals surface area contributed by atoms with Crippen LogP contribution in [0.5, 0.6) is 0 Å². The summed E-state index contributed by atoms with van der Waals surface area (Å²) in [6, 6.07) is 8.56. The summed E-state index contributed by atoms with van der Waals surface area (Å²) in [5.74, 6) is 0. The average Bonchev–Trinajstić information content (AvgIpc) is 3.06. The quantitative estimate of drug-likeness (QED) is 0.760. The van der Waals surface area contributed by atoms with Gasteiger partial charge in [-0.1, -0.05) is 6.07 Å². The van der Waals surface area contributed by atoms with E-state index in [1.165, 1.54) is 5.56 Å². The van der Waals surface area contributed by atoms with Crippen LogP contribution in [0.15, 0.2) is 47.6 Å². The minimum atomic E-state index is 0.335. The zero-order valence-electron chi connectivity index (χ0n) is 10.8. The summed E-state index contributed by atoms with van der Waals surface area (Å²) in [7, 11) is 0. The van der Waals surface area contributed by atoms with Crippen LogP contribution >= 0.6 is 0 Å². The van der Waals surface area contributed by atoms with Gasteiger partial charge in [-0.25, -0.2) is 4.98 Å². The van der Waals surface area contributed by atoms with E-state index in [1.807, 2.05) is 16.8 Å². The van der Waals surface area contributed by atoms with Gasteiger partial charge in [0.05, 0.1) is 12.8 Å². The predicted molar refractivity (Wildman–Crippen MR) is 72.5 cm³/mol. The summed E-state index contributed by atoms with van der Waals surface area (Å²) in [6.45, 7) is 3.78. The Morgan fingerprint density at radius 3 is 3.16 bits per heavy atom. The first kappa shape index (κ1) is 11.9. The molecule has 0 aliphatic rings. The molecular formula is C14H16N4O. The standard InChI is InChI=1S/C14H16N4O/c1-11(8-18-10-15-9-17-18)16-7-12-2-3-14-13(6-12)4-5-19-14/h2-6,9-11,16H,7-8H2,1H3. The van der Waals surface area contributed by atoms with Crippen molar-refractivity contribution < 1.29 is 4.42 Å². The molecule has 3 aromatic rings. The van der Waals surface area contributed by atoms with E-state index in [4.69, 9.17) is 4.42 Å². The molecule has 0 radical (unpaired) electrons. The molecule has 0 aliphatic heterocycles. The van der Waals surface area contributed by atoms with Gasteiger partial charge in [0.25, 0.3) is 0 Å². The number of benzene rings is 1. The van der Waals surface area contributed by atoms with Crippen molar-refractivity contribution in [2.24, 2.45) is 0 Å². The Morgan fingerprint density at radius 1 is 1.37 bits per heavy atom. The van der Waals surface area contributed by atoms with Crippen molar-refractivity contribution in [3.8, 4) is 0 Å². The maximum Gasteiger partial charge on any atom is 0.137 e. The van der Waals surface area contributed by atoms with Gasteiger partial charge >= 0.3 is 0 Å². The number of rotatable bonds is 5. The molecule has 2 aromatic heterocycles. The number of furan rings is 1. The van der Waals surface area contributed by atoms with Crippen LogP contribution in [0, 0.1) is 0 Å². The van der Waals surface area contributed by atoms with Gasteiger partial charge in [0.15, 0.2) is 0 Å². The first-order chi connectivity index (χ1) is 9.31. The van der Waals surface area contributed by atoms with E-state index in [0.29, 0.717) is 6.04 Å². The lowest BCUT2D eigenvalue weighted by atomic mass is 10.1. The normalized spacial score (nSPS) is 12.9. The molecule has 0 fully saturated rings. The SMILES string of the molecule is CC(Cn1cncn1)NCc1ccc2occc2c1. The zero-order chi connectivity index (χ0) is 13.1. The summed E-state index contributed by atoms with van der Waals surface area (Å²) in [5, 5.41) is 8.72. The van der Waals surface area contributed by atoms with Crippen LogP contribution in [0.1, 0.15) is 12.5 Å². The highest BCUT2D eigenvalue weighted by Crippen LogP contribution is 2.16. The summed E-state index contributed by atoms with van der Waals surface area (Å²) in [6.07, 6.45) is 5.00. The maximum absolute atomic E-state index is 5.33. The van der Waals surface area contributed by atoms with E-state index in [1.54, 1.807) is 18.9 Å². The van der Waals surface area contributed by atoms with E-state index < -0.39 is 0 Å². The highest BCUT2D eigenvalue weighted by molar-refractivity contribution is 5.77.